The fourth-order valence-corrected chi connectivity index (χ4v) is 1.30. The predicted octanol–water partition coefficient (Wildman–Crippen LogP) is 2.22. The summed E-state index contributed by atoms with van der Waals surface area (Å²) < 4.78 is 4.98. The number of hydrogen-bond donors (Lipinski definition) is 1. The van der Waals surface area contributed by atoms with E-state index in [9.17, 15) is 4.79 Å². The minimum atomic E-state index is -0.292. The molecule has 0 saturated carbocycles. The molecule has 0 aliphatic carbocycles. The Hall–Kier alpha value is -0.990. The Kier molecular flexibility index (Phi) is 4.68. The lowest BCUT2D eigenvalue weighted by atomic mass is 9.84. The number of allylic oxidation sites excluding steroid dienone is 1. The topological polar surface area (TPSA) is 52.3 Å². The van der Waals surface area contributed by atoms with Crippen LogP contribution in [-0.4, -0.2) is 12.6 Å². The standard InChI is InChI=1S/C11H21NO2/c1-6-8(12)9(11(3,4)5)10(13)14-7-2/h6-7,12H2,1-5H3. The van der Waals surface area contributed by atoms with Gasteiger partial charge in [0.1, 0.15) is 0 Å². The molecule has 0 radical (unpaired) electrons. The number of rotatable bonds is 3. The summed E-state index contributed by atoms with van der Waals surface area (Å²) in [6, 6.07) is 0. The molecule has 0 rings (SSSR count). The second kappa shape index (κ2) is 5.03. The first-order chi connectivity index (χ1) is 6.34. The summed E-state index contributed by atoms with van der Waals surface area (Å²) >= 11 is 0. The van der Waals surface area contributed by atoms with E-state index < -0.39 is 0 Å². The van der Waals surface area contributed by atoms with Gasteiger partial charge in [0, 0.05) is 5.70 Å². The summed E-state index contributed by atoms with van der Waals surface area (Å²) in [6.07, 6.45) is 0.672. The van der Waals surface area contributed by atoms with Crippen molar-refractivity contribution in [1.82, 2.24) is 0 Å². The molecule has 0 fully saturated rings. The van der Waals surface area contributed by atoms with Gasteiger partial charge in [-0.05, 0) is 18.8 Å². The second-order valence-corrected chi connectivity index (χ2v) is 4.22. The third-order valence-corrected chi connectivity index (χ3v) is 1.93. The van der Waals surface area contributed by atoms with Gasteiger partial charge in [-0.3, -0.25) is 0 Å². The zero-order valence-corrected chi connectivity index (χ0v) is 9.81. The third kappa shape index (κ3) is 3.40. The first kappa shape index (κ1) is 13.0. The number of carbonyl (C=O) groups is 1. The van der Waals surface area contributed by atoms with Crippen LogP contribution in [0, 0.1) is 5.41 Å². The molecule has 3 heteroatoms. The smallest absolute Gasteiger partial charge is 0.336 e. The molecular formula is C11H21NO2. The van der Waals surface area contributed by atoms with Crippen molar-refractivity contribution in [2.75, 3.05) is 6.61 Å². The molecule has 14 heavy (non-hydrogen) atoms. The SMILES string of the molecule is CCOC(=O)C(=C(N)CC)C(C)(C)C. The van der Waals surface area contributed by atoms with E-state index in [1.165, 1.54) is 0 Å². The van der Waals surface area contributed by atoms with Crippen molar-refractivity contribution in [3.05, 3.63) is 11.3 Å². The van der Waals surface area contributed by atoms with E-state index in [0.717, 1.165) is 0 Å². The Morgan fingerprint density at radius 1 is 1.29 bits per heavy atom. The molecule has 0 amide bonds. The summed E-state index contributed by atoms with van der Waals surface area (Å²) in [4.78, 5) is 11.6. The Labute approximate surface area is 86.3 Å². The Bertz CT molecular complexity index is 236. The molecule has 0 aromatic carbocycles. The van der Waals surface area contributed by atoms with E-state index in [4.69, 9.17) is 10.5 Å². The van der Waals surface area contributed by atoms with Crippen LogP contribution in [0.4, 0.5) is 0 Å². The van der Waals surface area contributed by atoms with Crippen molar-refractivity contribution in [1.29, 1.82) is 0 Å². The summed E-state index contributed by atoms with van der Waals surface area (Å²) in [5, 5.41) is 0. The van der Waals surface area contributed by atoms with E-state index in [1.807, 2.05) is 27.7 Å². The van der Waals surface area contributed by atoms with Gasteiger partial charge in [0.2, 0.25) is 0 Å². The number of esters is 1. The van der Waals surface area contributed by atoms with Crippen molar-refractivity contribution in [3.63, 3.8) is 0 Å². The Balaban J connectivity index is 5.04. The summed E-state index contributed by atoms with van der Waals surface area (Å²) in [5.74, 6) is -0.292. The van der Waals surface area contributed by atoms with Gasteiger partial charge in [0.25, 0.3) is 0 Å². The summed E-state index contributed by atoms with van der Waals surface area (Å²) in [7, 11) is 0. The fraction of sp³-hybridized carbons (Fsp3) is 0.727. The van der Waals surface area contributed by atoms with Crippen LogP contribution in [0.5, 0.6) is 0 Å². The van der Waals surface area contributed by atoms with Crippen LogP contribution in [-0.2, 0) is 9.53 Å². The molecule has 0 saturated heterocycles. The van der Waals surface area contributed by atoms with Crippen LogP contribution in [0.25, 0.3) is 0 Å². The molecular weight excluding hydrogens is 178 g/mol. The normalized spacial score (nSPS) is 13.5. The van der Waals surface area contributed by atoms with Gasteiger partial charge in [-0.2, -0.15) is 0 Å². The highest BCUT2D eigenvalue weighted by Gasteiger charge is 2.27. The molecule has 82 valence electrons. The highest BCUT2D eigenvalue weighted by atomic mass is 16.5. The van der Waals surface area contributed by atoms with Crippen LogP contribution in [0.1, 0.15) is 41.0 Å². The van der Waals surface area contributed by atoms with Gasteiger partial charge >= 0.3 is 5.97 Å². The monoisotopic (exact) mass is 199 g/mol. The largest absolute Gasteiger partial charge is 0.463 e. The molecule has 0 unspecified atom stereocenters. The van der Waals surface area contributed by atoms with E-state index in [0.29, 0.717) is 24.3 Å². The van der Waals surface area contributed by atoms with Gasteiger partial charge in [-0.1, -0.05) is 27.7 Å². The lowest BCUT2D eigenvalue weighted by Gasteiger charge is -2.23. The van der Waals surface area contributed by atoms with E-state index in [1.54, 1.807) is 6.92 Å². The number of hydrogen-bond acceptors (Lipinski definition) is 3. The molecule has 0 spiro atoms. The Morgan fingerprint density at radius 3 is 2.07 bits per heavy atom. The number of nitrogens with two attached hydrogens (primary N) is 1. The first-order valence-corrected chi connectivity index (χ1v) is 5.00. The van der Waals surface area contributed by atoms with Crippen LogP contribution in [0.2, 0.25) is 0 Å². The Morgan fingerprint density at radius 2 is 1.79 bits per heavy atom. The second-order valence-electron chi connectivity index (χ2n) is 4.22. The maximum atomic E-state index is 11.6. The van der Waals surface area contributed by atoms with E-state index in [2.05, 4.69) is 0 Å². The van der Waals surface area contributed by atoms with Gasteiger partial charge in [0.15, 0.2) is 0 Å². The molecule has 0 aromatic rings. The van der Waals surface area contributed by atoms with Gasteiger partial charge < -0.3 is 10.5 Å². The molecule has 0 bridgehead atoms. The summed E-state index contributed by atoms with van der Waals surface area (Å²) in [6.45, 7) is 9.99. The zero-order valence-electron chi connectivity index (χ0n) is 9.81. The van der Waals surface area contributed by atoms with Crippen LogP contribution in [0.3, 0.4) is 0 Å². The molecule has 3 nitrogen and oxygen atoms in total. The average Bonchev–Trinajstić information content (AvgIpc) is 2.02. The number of carbonyl (C=O) groups excluding carboxylic acids is 1. The van der Waals surface area contributed by atoms with Gasteiger partial charge in [-0.25, -0.2) is 4.79 Å². The third-order valence-electron chi connectivity index (χ3n) is 1.93. The quantitative estimate of drug-likeness (QED) is 0.560. The van der Waals surface area contributed by atoms with Crippen molar-refractivity contribution in [3.8, 4) is 0 Å². The lowest BCUT2D eigenvalue weighted by Crippen LogP contribution is -2.24. The van der Waals surface area contributed by atoms with Crippen LogP contribution in [0.15, 0.2) is 11.3 Å². The molecule has 2 N–H and O–H groups in total. The minimum absolute atomic E-state index is 0.258. The predicted molar refractivity (Wildman–Crippen MR) is 57.6 cm³/mol. The highest BCUT2D eigenvalue weighted by Crippen LogP contribution is 2.28. The molecule has 0 aliphatic heterocycles. The minimum Gasteiger partial charge on any atom is -0.463 e. The maximum Gasteiger partial charge on any atom is 0.336 e. The molecule has 0 heterocycles. The molecule has 0 aromatic heterocycles. The highest BCUT2D eigenvalue weighted by molar-refractivity contribution is 5.90. The van der Waals surface area contributed by atoms with E-state index in [-0.39, 0.29) is 11.4 Å². The fourth-order valence-electron chi connectivity index (χ4n) is 1.30. The van der Waals surface area contributed by atoms with Gasteiger partial charge in [-0.15, -0.1) is 0 Å². The average molecular weight is 199 g/mol. The molecule has 0 atom stereocenters. The van der Waals surface area contributed by atoms with Crippen molar-refractivity contribution < 1.29 is 9.53 Å². The van der Waals surface area contributed by atoms with Crippen LogP contribution >= 0.6 is 0 Å². The van der Waals surface area contributed by atoms with Gasteiger partial charge in [0.05, 0.1) is 12.2 Å². The number of ether oxygens (including phenoxy) is 1. The van der Waals surface area contributed by atoms with Crippen molar-refractivity contribution in [2.45, 2.75) is 41.0 Å². The van der Waals surface area contributed by atoms with Crippen molar-refractivity contribution >= 4 is 5.97 Å². The molecule has 0 aliphatic rings. The van der Waals surface area contributed by atoms with Crippen molar-refractivity contribution in [2.24, 2.45) is 11.1 Å². The first-order valence-electron chi connectivity index (χ1n) is 5.00. The lowest BCUT2D eigenvalue weighted by molar-refractivity contribution is -0.139. The van der Waals surface area contributed by atoms with Crippen LogP contribution < -0.4 is 5.73 Å². The summed E-state index contributed by atoms with van der Waals surface area (Å²) in [5.41, 5.74) is 6.78. The maximum absolute atomic E-state index is 11.6. The van der Waals surface area contributed by atoms with E-state index >= 15 is 0 Å². The zero-order chi connectivity index (χ0) is 11.4.